The molecule has 0 aromatic heterocycles. The summed E-state index contributed by atoms with van der Waals surface area (Å²) in [6.07, 6.45) is 4.55. The van der Waals surface area contributed by atoms with Crippen LogP contribution in [0.25, 0.3) is 0 Å². The van der Waals surface area contributed by atoms with Crippen LogP contribution in [0.5, 0.6) is 5.75 Å². The summed E-state index contributed by atoms with van der Waals surface area (Å²) in [6, 6.07) is 17.4. The van der Waals surface area contributed by atoms with Gasteiger partial charge in [0.2, 0.25) is 5.91 Å². The molecule has 3 aliphatic rings. The lowest BCUT2D eigenvalue weighted by Gasteiger charge is -2.50. The predicted molar refractivity (Wildman–Crippen MR) is 205 cm³/mol. The van der Waals surface area contributed by atoms with Crippen LogP contribution in [0.2, 0.25) is 15.1 Å². The molecule has 2 fully saturated rings. The number of ether oxygens (including phenoxy) is 1. The molecule has 3 aromatic carbocycles. The molecule has 6 rings (SSSR count). The number of amides is 3. The number of nitrogens with two attached hydrogens (primary N) is 1. The minimum Gasteiger partial charge on any atom is -0.493 e. The van der Waals surface area contributed by atoms with Crippen LogP contribution in [0.4, 0.5) is 4.79 Å². The molecule has 1 spiro atoms. The van der Waals surface area contributed by atoms with E-state index in [9.17, 15) is 13.2 Å². The van der Waals surface area contributed by atoms with E-state index in [1.807, 2.05) is 49.9 Å². The lowest BCUT2D eigenvalue weighted by Crippen LogP contribution is -2.60. The SMILES string of the molecule is CCOc1cc(Cl)c(S(C)(=O)=O)cc1C1=N[C@@](C)(c2ccc(Cl)cc2)[C@@](C)(c2ccc(Cl)cc2)N1C(=O)N1CCC2(CCN(CC(N)=O)CC2)CC1. The highest BCUT2D eigenvalue weighted by atomic mass is 35.5. The molecule has 0 bridgehead atoms. The normalized spacial score (nSPS) is 23.5. The molecule has 10 nitrogen and oxygen atoms in total. The maximum absolute atomic E-state index is 15.4. The number of hydrogen-bond donors (Lipinski definition) is 1. The summed E-state index contributed by atoms with van der Waals surface area (Å²) in [5.41, 5.74) is 5.13. The zero-order valence-corrected chi connectivity index (χ0v) is 32.9. The molecule has 0 saturated carbocycles. The number of rotatable bonds is 8. The van der Waals surface area contributed by atoms with E-state index in [2.05, 4.69) is 4.90 Å². The van der Waals surface area contributed by atoms with Crippen molar-refractivity contribution in [3.8, 4) is 5.75 Å². The van der Waals surface area contributed by atoms with Crippen molar-refractivity contribution in [2.75, 3.05) is 45.6 Å². The number of primary amides is 1. The number of benzene rings is 3. The molecule has 52 heavy (non-hydrogen) atoms. The number of sulfone groups is 1. The molecular formula is C38H44Cl3N5O5S. The van der Waals surface area contributed by atoms with E-state index >= 15 is 4.79 Å². The van der Waals surface area contributed by atoms with Gasteiger partial charge in [-0.3, -0.25) is 19.6 Å². The average Bonchev–Trinajstić information content (AvgIpc) is 3.33. The highest BCUT2D eigenvalue weighted by molar-refractivity contribution is 7.90. The molecule has 0 unspecified atom stereocenters. The van der Waals surface area contributed by atoms with Crippen LogP contribution in [0.3, 0.4) is 0 Å². The van der Waals surface area contributed by atoms with E-state index in [1.165, 1.54) is 12.1 Å². The van der Waals surface area contributed by atoms with Gasteiger partial charge in [-0.1, -0.05) is 59.1 Å². The number of aliphatic imine (C=N–C) groups is 1. The van der Waals surface area contributed by atoms with Crippen molar-refractivity contribution in [1.82, 2.24) is 14.7 Å². The van der Waals surface area contributed by atoms with Crippen LogP contribution in [0.1, 0.15) is 63.1 Å². The Morgan fingerprint density at radius 3 is 1.92 bits per heavy atom. The van der Waals surface area contributed by atoms with Crippen LogP contribution in [0, 0.1) is 5.41 Å². The highest BCUT2D eigenvalue weighted by Crippen LogP contribution is 2.54. The molecule has 3 aromatic rings. The van der Waals surface area contributed by atoms with Crippen molar-refractivity contribution < 1.29 is 22.7 Å². The van der Waals surface area contributed by atoms with Crippen molar-refractivity contribution in [3.63, 3.8) is 0 Å². The second-order valence-electron chi connectivity index (χ2n) is 14.4. The van der Waals surface area contributed by atoms with Gasteiger partial charge in [-0.25, -0.2) is 13.2 Å². The van der Waals surface area contributed by atoms with Crippen molar-refractivity contribution in [2.24, 2.45) is 16.1 Å². The fourth-order valence-corrected chi connectivity index (χ4v) is 9.63. The van der Waals surface area contributed by atoms with Crippen molar-refractivity contribution in [1.29, 1.82) is 0 Å². The number of carbonyl (C=O) groups is 2. The fourth-order valence-electron chi connectivity index (χ4n) is 8.06. The van der Waals surface area contributed by atoms with Crippen molar-refractivity contribution >= 4 is 62.4 Å². The van der Waals surface area contributed by atoms with Crippen LogP contribution >= 0.6 is 34.8 Å². The average molecular weight is 789 g/mol. The number of likely N-dealkylation sites (tertiary alicyclic amines) is 2. The van der Waals surface area contributed by atoms with E-state index in [0.717, 1.165) is 56.2 Å². The smallest absolute Gasteiger partial charge is 0.326 e. The molecule has 2 N–H and O–H groups in total. The molecule has 0 radical (unpaired) electrons. The van der Waals surface area contributed by atoms with Gasteiger partial charge in [0.05, 0.1) is 28.6 Å². The Hall–Kier alpha value is -3.35. The first-order chi connectivity index (χ1) is 24.5. The standard InChI is InChI=1S/C38H44Cl3N5O5S/c1-5-51-31-23-30(41)32(52(4,49)50)22-29(31)34-43-36(2,25-6-10-27(39)11-7-25)37(3,26-8-12-28(40)13-9-26)46(34)35(48)45-20-16-38(17-21-45)14-18-44(19-15-38)24-33(42)47/h6-13,22-23H,5,14-21,24H2,1-4H3,(H2,42,47)/t36-,37+/m0/s1. The van der Waals surface area contributed by atoms with E-state index in [-0.39, 0.29) is 46.3 Å². The Morgan fingerprint density at radius 1 is 0.865 bits per heavy atom. The zero-order valence-electron chi connectivity index (χ0n) is 29.8. The number of carbonyl (C=O) groups excluding carboxylic acids is 2. The number of amidine groups is 1. The molecule has 0 aliphatic carbocycles. The number of urea groups is 1. The molecule has 278 valence electrons. The van der Waals surface area contributed by atoms with Gasteiger partial charge in [-0.2, -0.15) is 0 Å². The first kappa shape index (κ1) is 38.4. The van der Waals surface area contributed by atoms with Gasteiger partial charge in [0, 0.05) is 35.5 Å². The molecular weight excluding hydrogens is 745 g/mol. The lowest BCUT2D eigenvalue weighted by atomic mass is 9.70. The molecule has 3 heterocycles. The Balaban J connectivity index is 1.50. The third kappa shape index (κ3) is 7.02. The first-order valence-corrected chi connectivity index (χ1v) is 20.4. The predicted octanol–water partition coefficient (Wildman–Crippen LogP) is 7.13. The van der Waals surface area contributed by atoms with Crippen LogP contribution < -0.4 is 10.5 Å². The molecule has 3 amide bonds. The third-order valence-electron chi connectivity index (χ3n) is 11.3. The fraction of sp³-hybridized carbons (Fsp3) is 0.447. The van der Waals surface area contributed by atoms with E-state index in [4.69, 9.17) is 50.3 Å². The van der Waals surface area contributed by atoms with Gasteiger partial charge in [0.1, 0.15) is 22.7 Å². The summed E-state index contributed by atoms with van der Waals surface area (Å²) in [6.45, 7) is 8.88. The third-order valence-corrected chi connectivity index (χ3v) is 13.4. The van der Waals surface area contributed by atoms with E-state index in [0.29, 0.717) is 34.4 Å². The van der Waals surface area contributed by atoms with Gasteiger partial charge in [-0.15, -0.1) is 0 Å². The summed E-state index contributed by atoms with van der Waals surface area (Å²) in [5.74, 6) is 0.228. The van der Waals surface area contributed by atoms with Gasteiger partial charge < -0.3 is 15.4 Å². The van der Waals surface area contributed by atoms with Gasteiger partial charge in [0.15, 0.2) is 9.84 Å². The number of piperidine rings is 2. The second kappa shape index (κ2) is 14.5. The Kier molecular flexibility index (Phi) is 10.7. The van der Waals surface area contributed by atoms with Crippen LogP contribution in [-0.4, -0.2) is 86.5 Å². The summed E-state index contributed by atoms with van der Waals surface area (Å²) in [5, 5.41) is 1.10. The van der Waals surface area contributed by atoms with Crippen molar-refractivity contribution in [3.05, 3.63) is 92.4 Å². The molecule has 2 atom stereocenters. The summed E-state index contributed by atoms with van der Waals surface area (Å²) >= 11 is 19.3. The quantitative estimate of drug-likeness (QED) is 0.259. The Morgan fingerprint density at radius 2 is 1.40 bits per heavy atom. The minimum atomic E-state index is -3.79. The topological polar surface area (TPSA) is 126 Å². The second-order valence-corrected chi connectivity index (χ2v) is 17.7. The highest BCUT2D eigenvalue weighted by Gasteiger charge is 2.60. The largest absolute Gasteiger partial charge is 0.493 e. The number of halogens is 3. The van der Waals surface area contributed by atoms with Crippen molar-refractivity contribution in [2.45, 2.75) is 62.4 Å². The lowest BCUT2D eigenvalue weighted by molar-refractivity contribution is -0.119. The Labute approximate surface area is 320 Å². The summed E-state index contributed by atoms with van der Waals surface area (Å²) in [7, 11) is -3.79. The van der Waals surface area contributed by atoms with Crippen LogP contribution in [-0.2, 0) is 25.7 Å². The van der Waals surface area contributed by atoms with E-state index in [1.54, 1.807) is 29.2 Å². The van der Waals surface area contributed by atoms with Gasteiger partial charge >= 0.3 is 6.03 Å². The first-order valence-electron chi connectivity index (χ1n) is 17.4. The molecule has 14 heteroatoms. The van der Waals surface area contributed by atoms with E-state index < -0.39 is 20.9 Å². The number of nitrogens with zero attached hydrogens (tertiary/aromatic N) is 4. The maximum Gasteiger partial charge on any atom is 0.326 e. The number of hydrogen-bond acceptors (Lipinski definition) is 7. The molecule has 2 saturated heterocycles. The van der Waals surface area contributed by atoms with Crippen LogP contribution in [0.15, 0.2) is 70.6 Å². The minimum absolute atomic E-state index is 0.00954. The Bertz CT molecular complexity index is 1990. The monoisotopic (exact) mass is 787 g/mol. The van der Waals surface area contributed by atoms with Gasteiger partial charge in [0.25, 0.3) is 0 Å². The zero-order chi connectivity index (χ0) is 37.6. The summed E-state index contributed by atoms with van der Waals surface area (Å²) < 4.78 is 32.1. The molecule has 3 aliphatic heterocycles. The summed E-state index contributed by atoms with van der Waals surface area (Å²) in [4.78, 5) is 37.9. The maximum atomic E-state index is 15.4. The van der Waals surface area contributed by atoms with Gasteiger partial charge in [-0.05, 0) is 106 Å².